The van der Waals surface area contributed by atoms with Crippen LogP contribution in [-0.2, 0) is 4.74 Å². The van der Waals surface area contributed by atoms with E-state index in [4.69, 9.17) is 9.15 Å². The molecule has 3 heterocycles. The molecule has 1 saturated carbocycles. The Kier molecular flexibility index (Phi) is 3.54. The quantitative estimate of drug-likeness (QED) is 0.864. The number of nitrogens with zero attached hydrogens (tertiary/aromatic N) is 1. The summed E-state index contributed by atoms with van der Waals surface area (Å²) in [5.74, 6) is 1.39. The first-order chi connectivity index (χ1) is 10.7. The summed E-state index contributed by atoms with van der Waals surface area (Å²) < 4.78 is 11.6. The lowest BCUT2D eigenvalue weighted by molar-refractivity contribution is -0.0690. The van der Waals surface area contributed by atoms with Gasteiger partial charge >= 0.3 is 0 Å². The second-order valence-electron chi connectivity index (χ2n) is 6.17. The molecule has 0 spiro atoms. The zero-order valence-corrected chi connectivity index (χ0v) is 13.3. The van der Waals surface area contributed by atoms with Crippen molar-refractivity contribution in [3.8, 4) is 0 Å². The topological polar surface area (TPSA) is 42.7 Å². The predicted octanol–water partition coefficient (Wildman–Crippen LogP) is 3.82. The first-order valence-corrected chi connectivity index (χ1v) is 8.71. The van der Waals surface area contributed by atoms with Gasteiger partial charge in [-0.3, -0.25) is 4.79 Å². The summed E-state index contributed by atoms with van der Waals surface area (Å²) in [7, 11) is 0. The number of ether oxygens (including phenoxy) is 1. The third-order valence-electron chi connectivity index (χ3n) is 4.34. The van der Waals surface area contributed by atoms with Gasteiger partial charge in [-0.2, -0.15) is 11.3 Å². The van der Waals surface area contributed by atoms with Crippen molar-refractivity contribution in [3.05, 3.63) is 46.0 Å². The number of hydrogen-bond donors (Lipinski definition) is 0. The second kappa shape index (κ2) is 5.56. The predicted molar refractivity (Wildman–Crippen MR) is 84.2 cm³/mol. The van der Waals surface area contributed by atoms with E-state index in [0.29, 0.717) is 19.0 Å². The number of furan rings is 1. The lowest BCUT2D eigenvalue weighted by atomic mass is 10.1. The van der Waals surface area contributed by atoms with Crippen molar-refractivity contribution in [2.24, 2.45) is 0 Å². The van der Waals surface area contributed by atoms with Gasteiger partial charge in [0.2, 0.25) is 0 Å². The number of carbonyl (C=O) groups is 1. The molecule has 1 amide bonds. The van der Waals surface area contributed by atoms with Crippen LogP contribution in [0.3, 0.4) is 0 Å². The third-order valence-corrected chi connectivity index (χ3v) is 5.04. The van der Waals surface area contributed by atoms with E-state index in [9.17, 15) is 4.79 Å². The first-order valence-electron chi connectivity index (χ1n) is 7.76. The minimum absolute atomic E-state index is 0.0322. The maximum absolute atomic E-state index is 12.9. The molecule has 4 nitrogen and oxygen atoms in total. The van der Waals surface area contributed by atoms with E-state index >= 15 is 0 Å². The van der Waals surface area contributed by atoms with Crippen LogP contribution < -0.4 is 0 Å². The fraction of sp³-hybridized carbons (Fsp3) is 0.471. The van der Waals surface area contributed by atoms with Crippen LogP contribution in [0.1, 0.15) is 53.5 Å². The molecule has 2 aromatic heterocycles. The van der Waals surface area contributed by atoms with Crippen LogP contribution in [0.5, 0.6) is 0 Å². The lowest BCUT2D eigenvalue weighted by Crippen LogP contribution is -2.46. The molecule has 1 aliphatic heterocycles. The standard InChI is InChI=1S/C17H19NO3S/c1-11-8-18(9-15(21-11)13-5-7-22-10-13)17(19)14-4-6-20-16(14)12-2-3-12/h4-7,10-12,15H,2-3,8-9H2,1H3/t11-,15-/m0/s1. The summed E-state index contributed by atoms with van der Waals surface area (Å²) in [6, 6.07) is 3.89. The highest BCUT2D eigenvalue weighted by atomic mass is 32.1. The molecule has 116 valence electrons. The number of thiophene rings is 1. The average Bonchev–Trinajstić information content (AvgIpc) is 3.04. The highest BCUT2D eigenvalue weighted by Gasteiger charge is 2.35. The van der Waals surface area contributed by atoms with E-state index in [1.54, 1.807) is 17.6 Å². The van der Waals surface area contributed by atoms with Gasteiger partial charge in [0, 0.05) is 12.5 Å². The normalized spacial score (nSPS) is 25.4. The molecule has 2 aromatic rings. The Bertz CT molecular complexity index is 659. The molecule has 0 aromatic carbocycles. The van der Waals surface area contributed by atoms with Gasteiger partial charge in [-0.15, -0.1) is 0 Å². The van der Waals surface area contributed by atoms with Crippen LogP contribution in [0.15, 0.2) is 33.6 Å². The van der Waals surface area contributed by atoms with E-state index in [1.165, 1.54) is 0 Å². The fourth-order valence-corrected chi connectivity index (χ4v) is 3.79. The van der Waals surface area contributed by atoms with Crippen LogP contribution in [0.25, 0.3) is 0 Å². The molecular formula is C17H19NO3S. The SMILES string of the molecule is C[C@H]1CN(C(=O)c2ccoc2C2CC2)C[C@@H](c2ccsc2)O1. The average molecular weight is 317 g/mol. The minimum atomic E-state index is -0.0322. The van der Waals surface area contributed by atoms with Gasteiger partial charge in [0.1, 0.15) is 11.9 Å². The molecule has 2 fully saturated rings. The highest BCUT2D eigenvalue weighted by Crippen LogP contribution is 2.42. The van der Waals surface area contributed by atoms with Gasteiger partial charge in [0.25, 0.3) is 5.91 Å². The zero-order valence-electron chi connectivity index (χ0n) is 12.5. The monoisotopic (exact) mass is 317 g/mol. The van der Waals surface area contributed by atoms with E-state index in [2.05, 4.69) is 11.4 Å². The lowest BCUT2D eigenvalue weighted by Gasteiger charge is -2.36. The van der Waals surface area contributed by atoms with Gasteiger partial charge < -0.3 is 14.1 Å². The number of hydrogen-bond acceptors (Lipinski definition) is 4. The molecule has 0 unspecified atom stereocenters. The van der Waals surface area contributed by atoms with E-state index in [1.807, 2.05) is 23.3 Å². The summed E-state index contributed by atoms with van der Waals surface area (Å²) in [6.07, 6.45) is 3.91. The fourth-order valence-electron chi connectivity index (χ4n) is 3.09. The van der Waals surface area contributed by atoms with Gasteiger partial charge in [0.15, 0.2) is 0 Å². The van der Waals surface area contributed by atoms with Crippen LogP contribution in [0.2, 0.25) is 0 Å². The van der Waals surface area contributed by atoms with Crippen molar-refractivity contribution in [3.63, 3.8) is 0 Å². The van der Waals surface area contributed by atoms with Crippen molar-refractivity contribution in [1.82, 2.24) is 4.90 Å². The summed E-state index contributed by atoms with van der Waals surface area (Å²) in [4.78, 5) is 14.8. The van der Waals surface area contributed by atoms with Crippen molar-refractivity contribution in [1.29, 1.82) is 0 Å². The van der Waals surface area contributed by atoms with Crippen LogP contribution in [0, 0.1) is 0 Å². The molecule has 1 saturated heterocycles. The Morgan fingerprint density at radius 2 is 2.18 bits per heavy atom. The van der Waals surface area contributed by atoms with Crippen molar-refractivity contribution < 1.29 is 13.9 Å². The Labute approximate surface area is 133 Å². The van der Waals surface area contributed by atoms with Crippen molar-refractivity contribution in [2.75, 3.05) is 13.1 Å². The minimum Gasteiger partial charge on any atom is -0.468 e. The Balaban J connectivity index is 1.55. The van der Waals surface area contributed by atoms with E-state index in [-0.39, 0.29) is 18.1 Å². The number of carbonyl (C=O) groups excluding carboxylic acids is 1. The summed E-state index contributed by atoms with van der Waals surface area (Å²) >= 11 is 1.66. The molecular weight excluding hydrogens is 298 g/mol. The summed E-state index contributed by atoms with van der Waals surface area (Å²) in [5.41, 5.74) is 1.89. The molecule has 5 heteroatoms. The van der Waals surface area contributed by atoms with Crippen LogP contribution in [0.4, 0.5) is 0 Å². The highest BCUT2D eigenvalue weighted by molar-refractivity contribution is 7.07. The summed E-state index contributed by atoms with van der Waals surface area (Å²) in [6.45, 7) is 3.26. The first kappa shape index (κ1) is 14.0. The van der Waals surface area contributed by atoms with E-state index < -0.39 is 0 Å². The maximum atomic E-state index is 12.9. The Morgan fingerprint density at radius 3 is 2.91 bits per heavy atom. The van der Waals surface area contributed by atoms with Crippen LogP contribution in [-0.4, -0.2) is 30.0 Å². The van der Waals surface area contributed by atoms with Gasteiger partial charge in [-0.05, 0) is 48.2 Å². The molecule has 1 aliphatic carbocycles. The second-order valence-corrected chi connectivity index (χ2v) is 6.95. The van der Waals surface area contributed by atoms with Gasteiger partial charge in [-0.25, -0.2) is 0 Å². The largest absolute Gasteiger partial charge is 0.468 e. The Hall–Kier alpha value is -1.59. The van der Waals surface area contributed by atoms with Crippen molar-refractivity contribution >= 4 is 17.2 Å². The summed E-state index contributed by atoms with van der Waals surface area (Å²) in [5, 5.41) is 4.14. The molecule has 22 heavy (non-hydrogen) atoms. The smallest absolute Gasteiger partial charge is 0.257 e. The number of morpholine rings is 1. The van der Waals surface area contributed by atoms with Gasteiger partial charge in [-0.1, -0.05) is 0 Å². The zero-order chi connectivity index (χ0) is 15.1. The number of rotatable bonds is 3. The molecule has 0 N–H and O–H groups in total. The Morgan fingerprint density at radius 1 is 1.32 bits per heavy atom. The molecule has 0 bridgehead atoms. The molecule has 0 radical (unpaired) electrons. The van der Waals surface area contributed by atoms with Crippen LogP contribution >= 0.6 is 11.3 Å². The molecule has 2 aliphatic rings. The third kappa shape index (κ3) is 2.59. The van der Waals surface area contributed by atoms with Gasteiger partial charge in [0.05, 0.1) is 24.5 Å². The maximum Gasteiger partial charge on any atom is 0.257 e. The molecule has 4 rings (SSSR count). The van der Waals surface area contributed by atoms with E-state index in [0.717, 1.165) is 29.7 Å². The molecule has 2 atom stereocenters. The van der Waals surface area contributed by atoms with Crippen molar-refractivity contribution in [2.45, 2.75) is 37.9 Å². The number of amides is 1.